The summed E-state index contributed by atoms with van der Waals surface area (Å²) in [6.45, 7) is 1.08. The molecule has 1 unspecified atom stereocenters. The van der Waals surface area contributed by atoms with Gasteiger partial charge in [0.25, 0.3) is 11.9 Å². The van der Waals surface area contributed by atoms with Gasteiger partial charge in [-0.3, -0.25) is 15.2 Å². The van der Waals surface area contributed by atoms with Crippen molar-refractivity contribution in [3.05, 3.63) is 88.1 Å². The molecular formula is C26H29FN8O5. The van der Waals surface area contributed by atoms with Crippen LogP contribution in [0.25, 0.3) is 5.95 Å². The van der Waals surface area contributed by atoms with Crippen LogP contribution in [0.15, 0.2) is 59.7 Å². The van der Waals surface area contributed by atoms with Crippen LogP contribution >= 0.6 is 0 Å². The Morgan fingerprint density at radius 2 is 1.70 bits per heavy atom. The lowest BCUT2D eigenvalue weighted by atomic mass is 10.0. The van der Waals surface area contributed by atoms with Gasteiger partial charge in [-0.05, 0) is 36.4 Å². The fourth-order valence-corrected chi connectivity index (χ4v) is 3.54. The largest absolute Gasteiger partial charge is 0.493 e. The highest BCUT2D eigenvalue weighted by Gasteiger charge is 2.26. The highest BCUT2D eigenvalue weighted by atomic mass is 19.1. The first-order valence-electron chi connectivity index (χ1n) is 11.8. The molecule has 0 radical (unpaired) electrons. The van der Waals surface area contributed by atoms with Crippen molar-refractivity contribution < 1.29 is 23.8 Å². The van der Waals surface area contributed by atoms with Gasteiger partial charge in [0.2, 0.25) is 0 Å². The number of carboxylic acid groups (broad SMARTS) is 1. The van der Waals surface area contributed by atoms with Gasteiger partial charge >= 0.3 is 5.69 Å². The van der Waals surface area contributed by atoms with E-state index in [-0.39, 0.29) is 23.1 Å². The fourth-order valence-electron chi connectivity index (χ4n) is 3.54. The quantitative estimate of drug-likeness (QED) is 0.188. The summed E-state index contributed by atoms with van der Waals surface area (Å²) in [6.07, 6.45) is 2.97. The summed E-state index contributed by atoms with van der Waals surface area (Å²) in [5.74, 6) is -0.353. The highest BCUT2D eigenvalue weighted by Crippen LogP contribution is 2.35. The average Bonchev–Trinajstić information content (AvgIpc) is 3.33. The van der Waals surface area contributed by atoms with Crippen LogP contribution in [0.1, 0.15) is 29.9 Å². The molecule has 4 rings (SSSR count). The zero-order valence-electron chi connectivity index (χ0n) is 22.5. The molecule has 4 aromatic rings. The molecule has 0 aliphatic rings. The third-order valence-corrected chi connectivity index (χ3v) is 5.38. The first kappa shape index (κ1) is 29.3. The van der Waals surface area contributed by atoms with Crippen molar-refractivity contribution in [3.8, 4) is 17.4 Å². The number of amidine groups is 1. The van der Waals surface area contributed by atoms with Crippen LogP contribution in [0.3, 0.4) is 0 Å². The number of anilines is 1. The number of nitrogens with one attached hydrogen (secondary N) is 3. The molecule has 14 heteroatoms. The summed E-state index contributed by atoms with van der Waals surface area (Å²) in [5, 5.41) is 23.1. The second-order valence-electron chi connectivity index (χ2n) is 8.42. The molecule has 0 aliphatic carbocycles. The Hall–Kier alpha value is -5.27. The molecule has 0 bridgehead atoms. The van der Waals surface area contributed by atoms with E-state index in [1.54, 1.807) is 49.3 Å². The van der Waals surface area contributed by atoms with Gasteiger partial charge in [-0.25, -0.2) is 19.2 Å². The molecule has 2 aromatic heterocycles. The van der Waals surface area contributed by atoms with Crippen LogP contribution in [-0.2, 0) is 4.79 Å². The van der Waals surface area contributed by atoms with Crippen molar-refractivity contribution in [1.29, 1.82) is 5.41 Å². The Balaban J connectivity index is 0.00000103. The number of aromatic amines is 1. The van der Waals surface area contributed by atoms with Gasteiger partial charge in [-0.15, -0.1) is 9.78 Å². The predicted molar refractivity (Wildman–Crippen MR) is 145 cm³/mol. The van der Waals surface area contributed by atoms with Gasteiger partial charge < -0.3 is 24.8 Å². The molecule has 2 aromatic carbocycles. The fraction of sp³-hybridized carbons (Fsp3) is 0.231. The standard InChI is InChI=1S/C24H25FN8O3.C2H4O2/c1-32(2)21(26)14-6-8-15(9-7-14)29-20(16-12-18(35-3)19(36-4)13-17(16)25)22-30-24(34)33(31-22)23-27-10-5-11-28-23;1-2(3)4/h5-13,20,26,29H,1-4H3,(H,30,31,34);1H3,(H,3,4). The van der Waals surface area contributed by atoms with E-state index in [1.807, 2.05) is 0 Å². The number of halogens is 1. The number of hydrogen-bond donors (Lipinski definition) is 4. The molecule has 1 atom stereocenters. The van der Waals surface area contributed by atoms with Crippen molar-refractivity contribution in [2.45, 2.75) is 13.0 Å². The monoisotopic (exact) mass is 552 g/mol. The summed E-state index contributed by atoms with van der Waals surface area (Å²) >= 11 is 0. The normalized spacial score (nSPS) is 11.1. The van der Waals surface area contributed by atoms with Gasteiger partial charge in [-0.2, -0.15) is 0 Å². The molecule has 0 amide bonds. The van der Waals surface area contributed by atoms with Crippen LogP contribution in [0.4, 0.5) is 10.1 Å². The summed E-state index contributed by atoms with van der Waals surface area (Å²) in [4.78, 5) is 34.2. The minimum Gasteiger partial charge on any atom is -0.493 e. The minimum atomic E-state index is -0.929. The SMILES string of the molecule is CC(=O)O.COc1cc(F)c(C(Nc2ccc(C(=N)N(C)C)cc2)c2nn(-c3ncccn3)c(=O)[nH]2)cc1OC. The molecular weight excluding hydrogens is 523 g/mol. The van der Waals surface area contributed by atoms with E-state index < -0.39 is 23.5 Å². The maximum absolute atomic E-state index is 15.3. The van der Waals surface area contributed by atoms with Crippen LogP contribution in [0, 0.1) is 11.2 Å². The zero-order valence-corrected chi connectivity index (χ0v) is 22.5. The van der Waals surface area contributed by atoms with Gasteiger partial charge in [0.1, 0.15) is 17.7 Å². The van der Waals surface area contributed by atoms with E-state index in [1.165, 1.54) is 38.7 Å². The molecule has 2 heterocycles. The summed E-state index contributed by atoms with van der Waals surface area (Å²) in [7, 11) is 6.43. The second-order valence-corrected chi connectivity index (χ2v) is 8.42. The van der Waals surface area contributed by atoms with E-state index in [0.29, 0.717) is 22.8 Å². The number of H-pyrrole nitrogens is 1. The number of methoxy groups -OCH3 is 2. The number of carboxylic acids is 1. The van der Waals surface area contributed by atoms with Crippen molar-refractivity contribution in [1.82, 2.24) is 29.6 Å². The number of aromatic nitrogens is 5. The van der Waals surface area contributed by atoms with Gasteiger partial charge in [0.05, 0.1) is 14.2 Å². The molecule has 4 N–H and O–H groups in total. The number of benzene rings is 2. The van der Waals surface area contributed by atoms with Crippen molar-refractivity contribution in [2.75, 3.05) is 33.6 Å². The molecule has 0 aliphatic heterocycles. The number of nitrogens with zero attached hydrogens (tertiary/aromatic N) is 5. The smallest absolute Gasteiger partial charge is 0.350 e. The lowest BCUT2D eigenvalue weighted by molar-refractivity contribution is -0.134. The molecule has 40 heavy (non-hydrogen) atoms. The third kappa shape index (κ3) is 6.98. The van der Waals surface area contributed by atoms with Crippen molar-refractivity contribution in [3.63, 3.8) is 0 Å². The minimum absolute atomic E-state index is 0.0723. The number of aliphatic carboxylic acids is 1. The molecule has 13 nitrogen and oxygen atoms in total. The molecule has 0 saturated heterocycles. The lowest BCUT2D eigenvalue weighted by Crippen LogP contribution is -2.21. The zero-order chi connectivity index (χ0) is 29.4. The number of rotatable bonds is 8. The number of carbonyl (C=O) groups is 1. The molecule has 210 valence electrons. The van der Waals surface area contributed by atoms with Crippen LogP contribution in [0.2, 0.25) is 0 Å². The Bertz CT molecular complexity index is 1520. The summed E-state index contributed by atoms with van der Waals surface area (Å²) in [6, 6.07) is 10.4. The lowest BCUT2D eigenvalue weighted by Gasteiger charge is -2.21. The van der Waals surface area contributed by atoms with E-state index in [9.17, 15) is 4.79 Å². The Kier molecular flexibility index (Phi) is 9.52. The van der Waals surface area contributed by atoms with Gasteiger partial charge in [0.15, 0.2) is 17.3 Å². The van der Waals surface area contributed by atoms with Crippen molar-refractivity contribution >= 4 is 17.5 Å². The van der Waals surface area contributed by atoms with Gasteiger partial charge in [-0.1, -0.05) is 0 Å². The predicted octanol–water partition coefficient (Wildman–Crippen LogP) is 2.69. The Morgan fingerprint density at radius 1 is 1.12 bits per heavy atom. The third-order valence-electron chi connectivity index (χ3n) is 5.38. The van der Waals surface area contributed by atoms with E-state index in [4.69, 9.17) is 24.8 Å². The second kappa shape index (κ2) is 13.0. The number of hydrogen-bond acceptors (Lipinski definition) is 9. The van der Waals surface area contributed by atoms with Crippen molar-refractivity contribution in [2.24, 2.45) is 0 Å². The molecule has 0 fully saturated rings. The first-order valence-corrected chi connectivity index (χ1v) is 11.8. The molecule has 0 spiro atoms. The highest BCUT2D eigenvalue weighted by molar-refractivity contribution is 5.96. The van der Waals surface area contributed by atoms with E-state index in [2.05, 4.69) is 25.4 Å². The van der Waals surface area contributed by atoms with Crippen LogP contribution in [0.5, 0.6) is 11.5 Å². The topological polar surface area (TPSA) is 171 Å². The van der Waals surface area contributed by atoms with Crippen LogP contribution < -0.4 is 20.5 Å². The summed E-state index contributed by atoms with van der Waals surface area (Å²) in [5.41, 5.74) is 0.889. The van der Waals surface area contributed by atoms with Crippen LogP contribution in [-0.4, -0.2) is 74.9 Å². The van der Waals surface area contributed by atoms with E-state index >= 15 is 4.39 Å². The summed E-state index contributed by atoms with van der Waals surface area (Å²) < 4.78 is 26.9. The number of ether oxygens (including phenoxy) is 2. The van der Waals surface area contributed by atoms with E-state index in [0.717, 1.165) is 11.6 Å². The Morgan fingerprint density at radius 3 is 2.25 bits per heavy atom. The maximum atomic E-state index is 15.3. The van der Waals surface area contributed by atoms with Gasteiger partial charge in [0, 0.05) is 56.3 Å². The first-order chi connectivity index (χ1) is 19.0. The Labute approximate surface area is 228 Å². The molecule has 0 saturated carbocycles. The maximum Gasteiger partial charge on any atom is 0.350 e. The average molecular weight is 553 g/mol.